The Hall–Kier alpha value is -3.35. The van der Waals surface area contributed by atoms with Gasteiger partial charge in [0.2, 0.25) is 5.91 Å². The number of carbonyl (C=O) groups is 2. The second-order valence-corrected chi connectivity index (χ2v) is 6.93. The van der Waals surface area contributed by atoms with Gasteiger partial charge in [0, 0.05) is 18.0 Å². The lowest BCUT2D eigenvalue weighted by Crippen LogP contribution is -2.38. The van der Waals surface area contributed by atoms with E-state index in [4.69, 9.17) is 4.74 Å². The number of hydrogen-bond acceptors (Lipinski definition) is 3. The number of carbonyl (C=O) groups excluding carboxylic acids is 2. The summed E-state index contributed by atoms with van der Waals surface area (Å²) in [5.74, 6) is -4.17. The van der Waals surface area contributed by atoms with Crippen molar-refractivity contribution in [3.05, 3.63) is 95.0 Å². The van der Waals surface area contributed by atoms with Crippen molar-refractivity contribution in [2.24, 2.45) is 0 Å². The fourth-order valence-electron chi connectivity index (χ4n) is 3.51. The van der Waals surface area contributed by atoms with Crippen molar-refractivity contribution < 1.29 is 27.5 Å². The van der Waals surface area contributed by atoms with Gasteiger partial charge >= 0.3 is 5.97 Å². The maximum Gasteiger partial charge on any atom is 0.336 e. The van der Waals surface area contributed by atoms with Crippen LogP contribution in [0.25, 0.3) is 0 Å². The largest absolute Gasteiger partial charge is 0.458 e. The maximum absolute atomic E-state index is 13.8. The molecular formula is C23H20F3NO3. The molecule has 0 aliphatic carbocycles. The highest BCUT2D eigenvalue weighted by Gasteiger charge is 2.37. The van der Waals surface area contributed by atoms with Crippen LogP contribution in [-0.2, 0) is 20.9 Å². The Bertz CT molecular complexity index is 1030. The zero-order valence-corrected chi connectivity index (χ0v) is 16.3. The molecule has 2 aromatic carbocycles. The van der Waals surface area contributed by atoms with E-state index in [0.717, 1.165) is 12.1 Å². The van der Waals surface area contributed by atoms with Crippen LogP contribution in [0.4, 0.5) is 13.2 Å². The number of amides is 1. The summed E-state index contributed by atoms with van der Waals surface area (Å²) in [7, 11) is 0. The Morgan fingerprint density at radius 2 is 1.97 bits per heavy atom. The number of benzene rings is 2. The van der Waals surface area contributed by atoms with Crippen LogP contribution < -0.4 is 0 Å². The minimum Gasteiger partial charge on any atom is -0.458 e. The first-order chi connectivity index (χ1) is 14.3. The summed E-state index contributed by atoms with van der Waals surface area (Å²) < 4.78 is 45.8. The van der Waals surface area contributed by atoms with Crippen LogP contribution >= 0.6 is 0 Å². The quantitative estimate of drug-likeness (QED) is 0.511. The number of nitrogens with zero attached hydrogens (tertiary/aromatic N) is 1. The van der Waals surface area contributed by atoms with Gasteiger partial charge in [-0.3, -0.25) is 4.79 Å². The molecule has 30 heavy (non-hydrogen) atoms. The topological polar surface area (TPSA) is 46.6 Å². The van der Waals surface area contributed by atoms with E-state index in [9.17, 15) is 22.8 Å². The molecule has 1 aliphatic rings. The fourth-order valence-corrected chi connectivity index (χ4v) is 3.51. The first-order valence-electron chi connectivity index (χ1n) is 9.30. The predicted molar refractivity (Wildman–Crippen MR) is 105 cm³/mol. The number of esters is 1. The molecule has 156 valence electrons. The smallest absolute Gasteiger partial charge is 0.336 e. The van der Waals surface area contributed by atoms with Crippen LogP contribution in [0.1, 0.15) is 30.4 Å². The van der Waals surface area contributed by atoms with Crippen molar-refractivity contribution in [1.82, 2.24) is 4.90 Å². The Balaban J connectivity index is 2.03. The molecule has 4 nitrogen and oxygen atoms in total. The van der Waals surface area contributed by atoms with Crippen LogP contribution in [0.3, 0.4) is 0 Å². The van der Waals surface area contributed by atoms with Gasteiger partial charge in [-0.15, -0.1) is 0 Å². The number of rotatable bonds is 6. The molecule has 0 unspecified atom stereocenters. The minimum absolute atomic E-state index is 0.0252. The zero-order valence-electron chi connectivity index (χ0n) is 16.3. The van der Waals surface area contributed by atoms with Crippen LogP contribution in [-0.4, -0.2) is 23.4 Å². The molecule has 0 saturated heterocycles. The van der Waals surface area contributed by atoms with Crippen molar-refractivity contribution >= 4 is 11.9 Å². The monoisotopic (exact) mass is 415 g/mol. The summed E-state index contributed by atoms with van der Waals surface area (Å²) in [6.45, 7) is 5.02. The van der Waals surface area contributed by atoms with Crippen LogP contribution in [0.5, 0.6) is 0 Å². The highest BCUT2D eigenvalue weighted by molar-refractivity contribution is 5.95. The molecule has 1 heterocycles. The number of ether oxygens (including phenoxy) is 1. The normalized spacial score (nSPS) is 16.6. The van der Waals surface area contributed by atoms with Crippen LogP contribution in [0, 0.1) is 17.5 Å². The molecule has 1 aliphatic heterocycles. The maximum atomic E-state index is 13.8. The van der Waals surface area contributed by atoms with Crippen LogP contribution in [0.15, 0.2) is 66.4 Å². The van der Waals surface area contributed by atoms with E-state index in [2.05, 4.69) is 6.58 Å². The first-order valence-corrected chi connectivity index (χ1v) is 9.30. The molecule has 1 amide bonds. The van der Waals surface area contributed by atoms with E-state index in [1.54, 1.807) is 13.0 Å². The average molecular weight is 415 g/mol. The van der Waals surface area contributed by atoms with Crippen LogP contribution in [0.2, 0.25) is 0 Å². The van der Waals surface area contributed by atoms with E-state index in [1.165, 1.54) is 35.2 Å². The Morgan fingerprint density at radius 1 is 1.20 bits per heavy atom. The highest BCUT2D eigenvalue weighted by atomic mass is 19.2. The van der Waals surface area contributed by atoms with Gasteiger partial charge in [-0.05, 0) is 42.3 Å². The summed E-state index contributed by atoms with van der Waals surface area (Å²) >= 11 is 0. The zero-order chi connectivity index (χ0) is 21.8. The SMILES string of the molecule is C=CCOC(=O)C1=C(C)N(Cc2ccc(F)c(F)c2)C(=O)C[C@H]1c1cccc(F)c1. The van der Waals surface area contributed by atoms with Gasteiger partial charge in [0.05, 0.1) is 12.1 Å². The Kier molecular flexibility index (Phi) is 6.40. The number of halogens is 3. The Morgan fingerprint density at radius 3 is 2.63 bits per heavy atom. The molecule has 7 heteroatoms. The van der Waals surface area contributed by atoms with E-state index in [1.807, 2.05) is 0 Å². The number of allylic oxidation sites excluding steroid dienone is 1. The van der Waals surface area contributed by atoms with E-state index in [0.29, 0.717) is 16.8 Å². The summed E-state index contributed by atoms with van der Waals surface area (Å²) in [6.07, 6.45) is 1.32. The third-order valence-electron chi connectivity index (χ3n) is 4.95. The lowest BCUT2D eigenvalue weighted by molar-refractivity contribution is -0.139. The molecule has 0 bridgehead atoms. The van der Waals surface area contributed by atoms with Crippen molar-refractivity contribution in [2.45, 2.75) is 25.8 Å². The highest BCUT2D eigenvalue weighted by Crippen LogP contribution is 2.38. The lowest BCUT2D eigenvalue weighted by atomic mass is 9.83. The summed E-state index contributed by atoms with van der Waals surface area (Å²) in [5.41, 5.74) is 1.37. The molecule has 0 fully saturated rings. The van der Waals surface area contributed by atoms with E-state index < -0.39 is 29.3 Å². The Labute approximate surface area is 172 Å². The van der Waals surface area contributed by atoms with Gasteiger partial charge in [0.25, 0.3) is 0 Å². The molecule has 0 aromatic heterocycles. The van der Waals surface area contributed by atoms with Gasteiger partial charge in [0.15, 0.2) is 11.6 Å². The van der Waals surface area contributed by atoms with Crippen molar-refractivity contribution in [3.63, 3.8) is 0 Å². The number of hydrogen-bond donors (Lipinski definition) is 0. The van der Waals surface area contributed by atoms with E-state index in [-0.39, 0.29) is 31.1 Å². The summed E-state index contributed by atoms with van der Waals surface area (Å²) in [5, 5.41) is 0. The van der Waals surface area contributed by atoms with Crippen molar-refractivity contribution in [1.29, 1.82) is 0 Å². The average Bonchev–Trinajstić information content (AvgIpc) is 2.71. The lowest BCUT2D eigenvalue weighted by Gasteiger charge is -2.34. The first kappa shape index (κ1) is 21.4. The summed E-state index contributed by atoms with van der Waals surface area (Å²) in [4.78, 5) is 27.0. The second-order valence-electron chi connectivity index (χ2n) is 6.93. The van der Waals surface area contributed by atoms with Crippen molar-refractivity contribution in [2.75, 3.05) is 6.61 Å². The molecular weight excluding hydrogens is 395 g/mol. The minimum atomic E-state index is -1.03. The third kappa shape index (κ3) is 4.45. The molecule has 0 radical (unpaired) electrons. The van der Waals surface area contributed by atoms with Crippen molar-refractivity contribution in [3.8, 4) is 0 Å². The molecule has 3 rings (SSSR count). The second kappa shape index (κ2) is 8.98. The third-order valence-corrected chi connectivity index (χ3v) is 4.95. The van der Waals surface area contributed by atoms with Gasteiger partial charge < -0.3 is 9.64 Å². The molecule has 2 aromatic rings. The van der Waals surface area contributed by atoms with Gasteiger partial charge in [-0.25, -0.2) is 18.0 Å². The molecule has 0 saturated carbocycles. The van der Waals surface area contributed by atoms with E-state index >= 15 is 0 Å². The molecule has 0 N–H and O–H groups in total. The van der Waals surface area contributed by atoms with Gasteiger partial charge in [-0.1, -0.05) is 30.9 Å². The standard InChI is InChI=1S/C23H20F3NO3/c1-3-9-30-23(29)22-14(2)27(13-15-7-8-19(25)20(26)10-15)21(28)12-18(22)16-5-4-6-17(24)11-16/h3-8,10-11,18H,1,9,12-13H2,2H3/t18-/m0/s1. The van der Waals surface area contributed by atoms with Gasteiger partial charge in [-0.2, -0.15) is 0 Å². The molecule has 1 atom stereocenters. The fraction of sp³-hybridized carbons (Fsp3) is 0.217. The van der Waals surface area contributed by atoms with Gasteiger partial charge in [0.1, 0.15) is 12.4 Å². The molecule has 0 spiro atoms. The summed E-state index contributed by atoms with van der Waals surface area (Å²) in [6, 6.07) is 9.04. The predicted octanol–water partition coefficient (Wildman–Crippen LogP) is 4.62.